The fraction of sp³-hybridized carbons (Fsp3) is 0. The highest BCUT2D eigenvalue weighted by molar-refractivity contribution is 7.91. The molecule has 0 radical (unpaired) electrons. The normalized spacial score (nSPS) is 11.2. The quantitative estimate of drug-likeness (QED) is 0.131. The van der Waals surface area contributed by atoms with Gasteiger partial charge in [0, 0.05) is 17.7 Å². The minimum absolute atomic E-state index is 0.170. The molecule has 0 spiro atoms. The van der Waals surface area contributed by atoms with Crippen LogP contribution in [0.1, 0.15) is 10.4 Å². The van der Waals surface area contributed by atoms with Gasteiger partial charge in [0.1, 0.15) is 5.75 Å². The van der Waals surface area contributed by atoms with E-state index in [2.05, 4.69) is 9.97 Å². The van der Waals surface area contributed by atoms with Crippen LogP contribution in [0.25, 0.3) is 22.3 Å². The minimum atomic E-state index is -4.16. The molecule has 1 heterocycles. The summed E-state index contributed by atoms with van der Waals surface area (Å²) in [5.74, 6) is -0.678. The van der Waals surface area contributed by atoms with E-state index in [1.54, 1.807) is 30.5 Å². The van der Waals surface area contributed by atoms with E-state index in [1.165, 1.54) is 24.3 Å². The Hall–Kier alpha value is -4.96. The SMILES string of the molecule is O=C(Oc1cccc(-c2cnc3ccccc3n2)c1)c1ccccc1S(=O)(=O)c1ccc([N+](=O)[O-])cc1. The van der Waals surface area contributed by atoms with Crippen molar-refractivity contribution >= 4 is 32.5 Å². The van der Waals surface area contributed by atoms with Crippen molar-refractivity contribution in [1.82, 2.24) is 9.97 Å². The van der Waals surface area contributed by atoms with E-state index in [4.69, 9.17) is 4.74 Å². The van der Waals surface area contributed by atoms with Crippen molar-refractivity contribution in [2.75, 3.05) is 0 Å². The van der Waals surface area contributed by atoms with E-state index in [-0.39, 0.29) is 26.8 Å². The zero-order chi connectivity index (χ0) is 26.0. The standard InChI is InChI=1S/C27H17N3O6S/c31-27(22-8-1-4-11-26(22)37(34,35)21-14-12-19(13-15-21)30(32)33)36-20-7-5-6-18(16-20)25-17-28-23-9-2-3-10-24(23)29-25/h1-17H. The fourth-order valence-corrected chi connectivity index (χ4v) is 5.17. The predicted molar refractivity (Wildman–Crippen MR) is 135 cm³/mol. The summed E-state index contributed by atoms with van der Waals surface area (Å²) in [5, 5.41) is 10.9. The van der Waals surface area contributed by atoms with Gasteiger partial charge in [-0.1, -0.05) is 36.4 Å². The van der Waals surface area contributed by atoms with Crippen molar-refractivity contribution in [3.05, 3.63) is 119 Å². The number of hydrogen-bond donors (Lipinski definition) is 0. The van der Waals surface area contributed by atoms with Gasteiger partial charge >= 0.3 is 5.97 Å². The lowest BCUT2D eigenvalue weighted by Gasteiger charge is -2.11. The molecule has 0 fully saturated rings. The van der Waals surface area contributed by atoms with Crippen LogP contribution in [0.5, 0.6) is 5.75 Å². The molecule has 5 rings (SSSR count). The molecule has 4 aromatic carbocycles. The number of para-hydroxylation sites is 2. The van der Waals surface area contributed by atoms with Crippen molar-refractivity contribution in [3.63, 3.8) is 0 Å². The zero-order valence-electron chi connectivity index (χ0n) is 19.0. The number of hydrogen-bond acceptors (Lipinski definition) is 8. The average Bonchev–Trinajstić information content (AvgIpc) is 2.93. The zero-order valence-corrected chi connectivity index (χ0v) is 19.8. The molecule has 0 amide bonds. The maximum Gasteiger partial charge on any atom is 0.344 e. The average molecular weight is 512 g/mol. The minimum Gasteiger partial charge on any atom is -0.423 e. The Bertz CT molecular complexity index is 1770. The highest BCUT2D eigenvalue weighted by Crippen LogP contribution is 2.28. The summed E-state index contributed by atoms with van der Waals surface area (Å²) >= 11 is 0. The molecule has 0 saturated heterocycles. The first-order valence-corrected chi connectivity index (χ1v) is 12.4. The second-order valence-electron chi connectivity index (χ2n) is 7.91. The molecule has 9 nitrogen and oxygen atoms in total. The fourth-order valence-electron chi connectivity index (χ4n) is 3.72. The molecule has 0 N–H and O–H groups in total. The van der Waals surface area contributed by atoms with Crippen LogP contribution in [-0.2, 0) is 9.84 Å². The second-order valence-corrected chi connectivity index (χ2v) is 9.83. The third kappa shape index (κ3) is 4.78. The third-order valence-electron chi connectivity index (χ3n) is 5.54. The Morgan fingerprint density at radius 1 is 0.838 bits per heavy atom. The maximum atomic E-state index is 13.2. The van der Waals surface area contributed by atoms with Gasteiger partial charge in [0.15, 0.2) is 0 Å². The number of nitro benzene ring substituents is 1. The number of ether oxygens (including phenoxy) is 1. The van der Waals surface area contributed by atoms with E-state index in [9.17, 15) is 23.3 Å². The number of aromatic nitrogens is 2. The number of carbonyl (C=O) groups is 1. The Kier molecular flexibility index (Phi) is 6.16. The summed E-state index contributed by atoms with van der Waals surface area (Å²) in [6, 6.07) is 24.2. The van der Waals surface area contributed by atoms with E-state index in [1.807, 2.05) is 24.3 Å². The number of benzene rings is 4. The first kappa shape index (κ1) is 23.8. The van der Waals surface area contributed by atoms with Gasteiger partial charge in [0.05, 0.1) is 43.2 Å². The van der Waals surface area contributed by atoms with Crippen molar-refractivity contribution in [2.24, 2.45) is 0 Å². The predicted octanol–water partition coefficient (Wildman–Crippen LogP) is 5.26. The second kappa shape index (κ2) is 9.59. The van der Waals surface area contributed by atoms with E-state index in [0.717, 1.165) is 29.8 Å². The molecule has 10 heteroatoms. The summed E-state index contributed by atoms with van der Waals surface area (Å²) in [6.07, 6.45) is 1.62. The number of nitrogens with zero attached hydrogens (tertiary/aromatic N) is 3. The molecule has 0 aliphatic rings. The lowest BCUT2D eigenvalue weighted by atomic mass is 10.1. The molecule has 0 aliphatic heterocycles. The Balaban J connectivity index is 1.44. The van der Waals surface area contributed by atoms with Crippen LogP contribution in [0.2, 0.25) is 0 Å². The van der Waals surface area contributed by atoms with E-state index >= 15 is 0 Å². The van der Waals surface area contributed by atoms with E-state index in [0.29, 0.717) is 16.8 Å². The van der Waals surface area contributed by atoms with Gasteiger partial charge in [-0.2, -0.15) is 0 Å². The molecule has 5 aromatic rings. The number of esters is 1. The molecular weight excluding hydrogens is 494 g/mol. The smallest absolute Gasteiger partial charge is 0.344 e. The highest BCUT2D eigenvalue weighted by atomic mass is 32.2. The van der Waals surface area contributed by atoms with Crippen LogP contribution >= 0.6 is 0 Å². The topological polar surface area (TPSA) is 129 Å². The van der Waals surface area contributed by atoms with Gasteiger partial charge in [0.2, 0.25) is 9.84 Å². The summed E-state index contributed by atoms with van der Waals surface area (Å²) < 4.78 is 32.0. The van der Waals surface area contributed by atoms with Crippen molar-refractivity contribution < 1.29 is 22.9 Å². The van der Waals surface area contributed by atoms with Gasteiger partial charge in [-0.25, -0.2) is 18.2 Å². The number of fused-ring (bicyclic) bond motifs is 1. The molecular formula is C27H17N3O6S. The summed E-state index contributed by atoms with van der Waals surface area (Å²) in [4.78, 5) is 31.9. The monoisotopic (exact) mass is 511 g/mol. The molecule has 0 saturated carbocycles. The highest BCUT2D eigenvalue weighted by Gasteiger charge is 2.26. The van der Waals surface area contributed by atoms with Gasteiger partial charge in [0.25, 0.3) is 5.69 Å². The number of rotatable bonds is 6. The first-order valence-electron chi connectivity index (χ1n) is 11.0. The van der Waals surface area contributed by atoms with Gasteiger partial charge in [-0.3, -0.25) is 15.1 Å². The van der Waals surface area contributed by atoms with Crippen molar-refractivity contribution in [2.45, 2.75) is 9.79 Å². The Morgan fingerprint density at radius 3 is 2.30 bits per heavy atom. The van der Waals surface area contributed by atoms with Crippen LogP contribution in [0.15, 0.2) is 113 Å². The number of carbonyl (C=O) groups excluding carboxylic acids is 1. The molecule has 1 aromatic heterocycles. The lowest BCUT2D eigenvalue weighted by Crippen LogP contribution is -2.14. The van der Waals surface area contributed by atoms with Crippen LogP contribution < -0.4 is 4.74 Å². The van der Waals surface area contributed by atoms with Crippen molar-refractivity contribution in [3.8, 4) is 17.0 Å². The van der Waals surface area contributed by atoms with E-state index < -0.39 is 20.7 Å². The largest absolute Gasteiger partial charge is 0.423 e. The summed E-state index contributed by atoms with van der Waals surface area (Å²) in [6.45, 7) is 0. The van der Waals surface area contributed by atoms with Crippen LogP contribution in [-0.4, -0.2) is 29.3 Å². The van der Waals surface area contributed by atoms with Crippen LogP contribution in [0, 0.1) is 10.1 Å². The van der Waals surface area contributed by atoms with Gasteiger partial charge in [-0.05, 0) is 48.5 Å². The molecule has 37 heavy (non-hydrogen) atoms. The number of nitro groups is 1. The molecule has 0 atom stereocenters. The first-order chi connectivity index (χ1) is 17.8. The Labute approximate surface area is 211 Å². The Morgan fingerprint density at radius 2 is 1.54 bits per heavy atom. The molecule has 0 unspecified atom stereocenters. The van der Waals surface area contributed by atoms with Crippen LogP contribution in [0.4, 0.5) is 5.69 Å². The summed E-state index contributed by atoms with van der Waals surface area (Å²) in [5.41, 5.74) is 2.29. The van der Waals surface area contributed by atoms with Gasteiger partial charge in [-0.15, -0.1) is 0 Å². The maximum absolute atomic E-state index is 13.2. The number of sulfone groups is 1. The van der Waals surface area contributed by atoms with Gasteiger partial charge < -0.3 is 4.74 Å². The molecule has 0 aliphatic carbocycles. The number of non-ortho nitro benzene ring substituents is 1. The lowest BCUT2D eigenvalue weighted by molar-refractivity contribution is -0.384. The van der Waals surface area contributed by atoms with Crippen LogP contribution in [0.3, 0.4) is 0 Å². The van der Waals surface area contributed by atoms with Crippen molar-refractivity contribution in [1.29, 1.82) is 0 Å². The molecule has 182 valence electrons. The third-order valence-corrected chi connectivity index (χ3v) is 7.37. The summed E-state index contributed by atoms with van der Waals surface area (Å²) in [7, 11) is -4.16. The molecule has 0 bridgehead atoms.